The van der Waals surface area contributed by atoms with Crippen LogP contribution in [0.5, 0.6) is 0 Å². The fourth-order valence-corrected chi connectivity index (χ4v) is 2.28. The number of imidazole rings is 1. The molecule has 21 heavy (non-hydrogen) atoms. The van der Waals surface area contributed by atoms with Crippen LogP contribution in [0.4, 0.5) is 13.2 Å². The molecule has 112 valence electrons. The lowest BCUT2D eigenvalue weighted by atomic mass is 10.1. The number of hydrogen-bond acceptors (Lipinski definition) is 2. The topological polar surface area (TPSA) is 44.2 Å². The van der Waals surface area contributed by atoms with Crippen LogP contribution in [0.2, 0.25) is 0 Å². The molecule has 0 radical (unpaired) electrons. The van der Waals surface area contributed by atoms with Crippen molar-refractivity contribution in [3.05, 3.63) is 47.5 Å². The molecule has 0 saturated carbocycles. The second-order valence-electron chi connectivity index (χ2n) is 4.85. The van der Waals surface area contributed by atoms with Crippen LogP contribution in [0, 0.1) is 20.8 Å². The van der Waals surface area contributed by atoms with Crippen LogP contribution in [0.25, 0.3) is 5.69 Å². The summed E-state index contributed by atoms with van der Waals surface area (Å²) >= 11 is 0. The molecule has 0 amide bonds. The molecule has 0 aliphatic heterocycles. The Morgan fingerprint density at radius 1 is 1.19 bits per heavy atom. The molecule has 0 aliphatic rings. The summed E-state index contributed by atoms with van der Waals surface area (Å²) in [7, 11) is 0. The highest BCUT2D eigenvalue weighted by Crippen LogP contribution is 2.16. The summed E-state index contributed by atoms with van der Waals surface area (Å²) in [6, 6.07) is 3.95. The Morgan fingerprint density at radius 2 is 1.76 bits per heavy atom. The molecule has 0 fully saturated rings. The van der Waals surface area contributed by atoms with Crippen molar-refractivity contribution in [3.8, 4) is 5.69 Å². The van der Waals surface area contributed by atoms with Crippen LogP contribution in [0.3, 0.4) is 0 Å². The normalized spacial score (nSPS) is 12.8. The van der Waals surface area contributed by atoms with Crippen molar-refractivity contribution >= 4 is 5.90 Å². The maximum atomic E-state index is 12.2. The number of halogens is 3. The van der Waals surface area contributed by atoms with Gasteiger partial charge in [0.2, 0.25) is 0 Å². The Morgan fingerprint density at radius 3 is 2.29 bits per heavy atom. The molecular weight excluding hydrogens is 283 g/mol. The second-order valence-corrected chi connectivity index (χ2v) is 4.85. The third kappa shape index (κ3) is 3.24. The minimum Gasteiger partial charge on any atom is -0.853 e. The zero-order valence-corrected chi connectivity index (χ0v) is 11.8. The number of hydrogen-bond donors (Lipinski definition) is 0. The van der Waals surface area contributed by atoms with Gasteiger partial charge in [0.05, 0.1) is 0 Å². The molecule has 2 aromatic rings. The first-order valence-electron chi connectivity index (χ1n) is 6.19. The van der Waals surface area contributed by atoms with Gasteiger partial charge in [0, 0.05) is 0 Å². The van der Waals surface area contributed by atoms with Crippen molar-refractivity contribution in [2.24, 2.45) is 5.10 Å². The lowest BCUT2D eigenvalue weighted by molar-refractivity contribution is -0.596. The van der Waals surface area contributed by atoms with E-state index < -0.39 is 12.1 Å². The van der Waals surface area contributed by atoms with Gasteiger partial charge in [-0.1, -0.05) is 22.8 Å². The number of benzene rings is 1. The Kier molecular flexibility index (Phi) is 3.76. The van der Waals surface area contributed by atoms with E-state index in [9.17, 15) is 18.3 Å². The highest BCUT2D eigenvalue weighted by molar-refractivity contribution is 5.77. The van der Waals surface area contributed by atoms with E-state index in [0.29, 0.717) is 0 Å². The quantitative estimate of drug-likeness (QED) is 0.473. The minimum atomic E-state index is -4.97. The zero-order valence-electron chi connectivity index (χ0n) is 11.8. The standard InChI is InChI=1S/C14H14F3N3O/c1-9-6-10(2)12(11(3)7-9)19-4-5-20(8-19)18-13(21)14(15,16)17/h4-8H,1-3H3. The molecule has 7 heteroatoms. The van der Waals surface area contributed by atoms with Crippen LogP contribution in [-0.4, -0.2) is 16.8 Å². The summed E-state index contributed by atoms with van der Waals surface area (Å²) < 4.78 is 39.0. The lowest BCUT2D eigenvalue weighted by Gasteiger charge is -2.10. The molecular formula is C14H14F3N3O. The maximum absolute atomic E-state index is 12.2. The summed E-state index contributed by atoms with van der Waals surface area (Å²) in [6.45, 7) is 5.80. The van der Waals surface area contributed by atoms with Crippen LogP contribution in [-0.2, 0) is 0 Å². The van der Waals surface area contributed by atoms with Gasteiger partial charge in [0.15, 0.2) is 6.20 Å². The van der Waals surface area contributed by atoms with Gasteiger partial charge >= 0.3 is 6.18 Å². The smallest absolute Gasteiger partial charge is 0.423 e. The number of alkyl halides is 3. The largest absolute Gasteiger partial charge is 0.853 e. The van der Waals surface area contributed by atoms with Gasteiger partial charge in [0.1, 0.15) is 17.8 Å². The van der Waals surface area contributed by atoms with Crippen LogP contribution >= 0.6 is 0 Å². The molecule has 1 heterocycles. The average Bonchev–Trinajstić information content (AvgIpc) is 2.74. The van der Waals surface area contributed by atoms with Gasteiger partial charge in [-0.2, -0.15) is 17.7 Å². The van der Waals surface area contributed by atoms with E-state index in [1.54, 1.807) is 10.8 Å². The van der Waals surface area contributed by atoms with Crippen molar-refractivity contribution in [1.29, 1.82) is 0 Å². The zero-order chi connectivity index (χ0) is 15.8. The molecule has 0 saturated heterocycles. The summed E-state index contributed by atoms with van der Waals surface area (Å²) in [4.78, 5) is 0. The Bertz CT molecular complexity index is 679. The Labute approximate surface area is 119 Å². The van der Waals surface area contributed by atoms with Crippen molar-refractivity contribution < 1.29 is 22.8 Å². The van der Waals surface area contributed by atoms with Gasteiger partial charge in [-0.05, 0) is 31.9 Å². The van der Waals surface area contributed by atoms with E-state index in [1.807, 2.05) is 32.9 Å². The fourth-order valence-electron chi connectivity index (χ4n) is 2.28. The maximum Gasteiger partial charge on any atom is 0.423 e. The first-order valence-corrected chi connectivity index (χ1v) is 6.19. The van der Waals surface area contributed by atoms with Crippen molar-refractivity contribution in [2.45, 2.75) is 26.9 Å². The number of rotatable bonds is 2. The van der Waals surface area contributed by atoms with Crippen LogP contribution < -0.4 is 9.67 Å². The summed E-state index contributed by atoms with van der Waals surface area (Å²) in [6.07, 6.45) is -0.792. The molecule has 0 N–H and O–H groups in total. The second kappa shape index (κ2) is 5.23. The van der Waals surface area contributed by atoms with Gasteiger partial charge in [-0.25, -0.2) is 0 Å². The molecule has 0 aliphatic carbocycles. The van der Waals surface area contributed by atoms with Gasteiger partial charge < -0.3 is 5.11 Å². The third-order valence-electron chi connectivity index (χ3n) is 2.97. The van der Waals surface area contributed by atoms with E-state index in [-0.39, 0.29) is 0 Å². The van der Waals surface area contributed by atoms with E-state index in [4.69, 9.17) is 0 Å². The minimum absolute atomic E-state index is 0.856. The molecule has 1 aromatic heterocycles. The summed E-state index contributed by atoms with van der Waals surface area (Å²) in [5, 5.41) is 13.8. The number of aryl methyl sites for hydroxylation is 3. The number of aromatic nitrogens is 2. The summed E-state index contributed by atoms with van der Waals surface area (Å²) in [5.74, 6) is -2.14. The molecule has 1 aromatic carbocycles. The molecule has 0 spiro atoms. The van der Waals surface area contributed by atoms with E-state index in [0.717, 1.165) is 27.1 Å². The number of nitrogens with zero attached hydrogens (tertiary/aromatic N) is 3. The molecule has 4 nitrogen and oxygen atoms in total. The van der Waals surface area contributed by atoms with Crippen molar-refractivity contribution in [2.75, 3.05) is 0 Å². The predicted molar refractivity (Wildman–Crippen MR) is 69.1 cm³/mol. The van der Waals surface area contributed by atoms with Crippen molar-refractivity contribution in [1.82, 2.24) is 4.68 Å². The first-order chi connectivity index (χ1) is 9.68. The van der Waals surface area contributed by atoms with E-state index in [2.05, 4.69) is 5.10 Å². The van der Waals surface area contributed by atoms with E-state index >= 15 is 0 Å². The molecule has 0 bridgehead atoms. The third-order valence-corrected chi connectivity index (χ3v) is 2.97. The van der Waals surface area contributed by atoms with Gasteiger partial charge in [-0.3, -0.25) is 0 Å². The fraction of sp³-hybridized carbons (Fsp3) is 0.286. The highest BCUT2D eigenvalue weighted by Gasteiger charge is 2.29. The Hall–Kier alpha value is -2.31. The summed E-state index contributed by atoms with van der Waals surface area (Å²) in [5.41, 5.74) is 3.93. The highest BCUT2D eigenvalue weighted by atomic mass is 19.4. The predicted octanol–water partition coefficient (Wildman–Crippen LogP) is 1.77. The lowest BCUT2D eigenvalue weighted by Crippen LogP contribution is -2.35. The SMILES string of the molecule is Cc1cc(C)c(-[n+]2ccn(/N=C(\[O-])C(F)(F)F)c2)c(C)c1. The van der Waals surface area contributed by atoms with Gasteiger partial charge in [-0.15, -0.1) is 4.68 Å². The van der Waals surface area contributed by atoms with Crippen LogP contribution in [0.1, 0.15) is 16.7 Å². The first kappa shape index (κ1) is 15.1. The van der Waals surface area contributed by atoms with Gasteiger partial charge in [0.25, 0.3) is 6.33 Å². The molecule has 2 rings (SSSR count). The monoisotopic (exact) mass is 297 g/mol. The average molecular weight is 297 g/mol. The van der Waals surface area contributed by atoms with Crippen molar-refractivity contribution in [3.63, 3.8) is 0 Å². The molecule has 0 atom stereocenters. The van der Waals surface area contributed by atoms with E-state index in [1.165, 1.54) is 12.5 Å². The molecule has 0 unspecified atom stereocenters. The van der Waals surface area contributed by atoms with Crippen LogP contribution in [0.15, 0.2) is 36.0 Å². The Balaban J connectivity index is 2.42.